The van der Waals surface area contributed by atoms with Crippen LogP contribution in [-0.4, -0.2) is 81.3 Å². The molecular formula is C16H34IN5O2S. The summed E-state index contributed by atoms with van der Waals surface area (Å²) in [6, 6.07) is 0.624. The second-order valence-corrected chi connectivity index (χ2v) is 9.31. The Labute approximate surface area is 170 Å². The molecule has 1 unspecified atom stereocenters. The predicted octanol–water partition coefficient (Wildman–Crippen LogP) is 1.07. The average molecular weight is 487 g/mol. The van der Waals surface area contributed by atoms with Crippen molar-refractivity contribution in [1.29, 1.82) is 0 Å². The number of hydrogen-bond acceptors (Lipinski definition) is 4. The van der Waals surface area contributed by atoms with Crippen LogP contribution in [0.4, 0.5) is 0 Å². The van der Waals surface area contributed by atoms with Gasteiger partial charge in [-0.25, -0.2) is 13.1 Å². The van der Waals surface area contributed by atoms with Gasteiger partial charge < -0.3 is 10.2 Å². The zero-order chi connectivity index (χ0) is 17.8. The smallest absolute Gasteiger partial charge is 0.209 e. The van der Waals surface area contributed by atoms with E-state index in [1.807, 2.05) is 13.8 Å². The first-order valence-corrected chi connectivity index (χ1v) is 10.9. The van der Waals surface area contributed by atoms with E-state index in [0.717, 1.165) is 25.6 Å². The molecule has 0 bridgehead atoms. The van der Waals surface area contributed by atoms with E-state index in [1.165, 1.54) is 38.6 Å². The summed E-state index contributed by atoms with van der Waals surface area (Å²) in [5.41, 5.74) is -0.595. The molecule has 1 atom stereocenters. The highest BCUT2D eigenvalue weighted by Gasteiger charge is 2.31. The fourth-order valence-corrected chi connectivity index (χ4v) is 4.64. The fourth-order valence-electron chi connectivity index (χ4n) is 3.57. The topological polar surface area (TPSA) is 77.0 Å². The van der Waals surface area contributed by atoms with E-state index >= 15 is 0 Å². The van der Waals surface area contributed by atoms with Crippen molar-refractivity contribution < 1.29 is 8.42 Å². The highest BCUT2D eigenvalue weighted by molar-refractivity contribution is 14.0. The first kappa shape index (κ1) is 22.9. The number of likely N-dealkylation sites (tertiary alicyclic amines) is 2. The van der Waals surface area contributed by atoms with Crippen LogP contribution in [0.25, 0.3) is 0 Å². The Balaban J connectivity index is 0.00000312. The normalized spacial score (nSPS) is 23.0. The molecule has 2 rings (SSSR count). The summed E-state index contributed by atoms with van der Waals surface area (Å²) in [6.45, 7) is 11.4. The lowest BCUT2D eigenvalue weighted by molar-refractivity contribution is 0.249. The van der Waals surface area contributed by atoms with E-state index < -0.39 is 15.6 Å². The van der Waals surface area contributed by atoms with Gasteiger partial charge in [0.25, 0.3) is 0 Å². The maximum absolute atomic E-state index is 11.5. The van der Waals surface area contributed by atoms with Gasteiger partial charge in [-0.1, -0.05) is 0 Å². The van der Waals surface area contributed by atoms with E-state index in [9.17, 15) is 8.42 Å². The van der Waals surface area contributed by atoms with Gasteiger partial charge in [0, 0.05) is 31.2 Å². The van der Waals surface area contributed by atoms with Crippen LogP contribution in [0, 0.1) is 0 Å². The molecule has 2 heterocycles. The van der Waals surface area contributed by atoms with Crippen molar-refractivity contribution in [2.45, 2.75) is 51.6 Å². The van der Waals surface area contributed by atoms with Gasteiger partial charge in [0.15, 0.2) is 5.96 Å². The van der Waals surface area contributed by atoms with Crippen LogP contribution >= 0.6 is 24.0 Å². The number of aliphatic imine (C=N–C) groups is 1. The summed E-state index contributed by atoms with van der Waals surface area (Å²) in [6.07, 6.45) is 4.99. The minimum atomic E-state index is -3.24. The van der Waals surface area contributed by atoms with Gasteiger partial charge >= 0.3 is 0 Å². The molecule has 0 aromatic rings. The quantitative estimate of drug-likeness (QED) is 0.333. The number of nitrogens with zero attached hydrogens (tertiary/aromatic N) is 3. The number of rotatable bonds is 6. The summed E-state index contributed by atoms with van der Waals surface area (Å²) < 4.78 is 25.6. The van der Waals surface area contributed by atoms with Gasteiger partial charge in [0.05, 0.1) is 12.8 Å². The predicted molar refractivity (Wildman–Crippen MR) is 114 cm³/mol. The van der Waals surface area contributed by atoms with E-state index in [0.29, 0.717) is 12.6 Å². The molecule has 2 N–H and O–H groups in total. The van der Waals surface area contributed by atoms with Crippen LogP contribution in [0.2, 0.25) is 0 Å². The van der Waals surface area contributed by atoms with E-state index in [4.69, 9.17) is 4.99 Å². The summed E-state index contributed by atoms with van der Waals surface area (Å²) in [5, 5.41) is 3.35. The van der Waals surface area contributed by atoms with Crippen LogP contribution in [0.5, 0.6) is 0 Å². The Bertz CT molecular complexity index is 547. The molecule has 2 aliphatic heterocycles. The first-order chi connectivity index (χ1) is 11.2. The number of nitrogens with one attached hydrogen (secondary N) is 2. The molecule has 0 aliphatic carbocycles. The van der Waals surface area contributed by atoms with Crippen molar-refractivity contribution in [3.63, 3.8) is 0 Å². The molecule has 0 radical (unpaired) electrons. The lowest BCUT2D eigenvalue weighted by atomic mass is 10.1. The van der Waals surface area contributed by atoms with Crippen molar-refractivity contribution in [3.8, 4) is 0 Å². The molecule has 0 aromatic carbocycles. The fraction of sp³-hybridized carbons (Fsp3) is 0.938. The van der Waals surface area contributed by atoms with Crippen molar-refractivity contribution in [2.75, 3.05) is 45.5 Å². The largest absolute Gasteiger partial charge is 0.357 e. The van der Waals surface area contributed by atoms with Crippen molar-refractivity contribution >= 4 is 40.0 Å². The number of sulfonamides is 1. The molecule has 25 heavy (non-hydrogen) atoms. The number of halogens is 1. The highest BCUT2D eigenvalue weighted by Crippen LogP contribution is 2.20. The molecule has 7 nitrogen and oxygen atoms in total. The highest BCUT2D eigenvalue weighted by atomic mass is 127. The first-order valence-electron chi connectivity index (χ1n) is 8.96. The van der Waals surface area contributed by atoms with E-state index in [1.54, 1.807) is 0 Å². The molecule has 2 saturated heterocycles. The van der Waals surface area contributed by atoms with Crippen LogP contribution in [-0.2, 0) is 10.0 Å². The Morgan fingerprint density at radius 3 is 2.44 bits per heavy atom. The Morgan fingerprint density at radius 1 is 1.24 bits per heavy atom. The molecule has 0 amide bonds. The third kappa shape index (κ3) is 7.56. The molecule has 0 saturated carbocycles. The van der Waals surface area contributed by atoms with Gasteiger partial charge in [0.1, 0.15) is 0 Å². The van der Waals surface area contributed by atoms with Crippen LogP contribution in [0.15, 0.2) is 4.99 Å². The lowest BCUT2D eigenvalue weighted by Gasteiger charge is -2.27. The van der Waals surface area contributed by atoms with Gasteiger partial charge in [0.2, 0.25) is 10.0 Å². The summed E-state index contributed by atoms with van der Waals surface area (Å²) in [4.78, 5) is 9.60. The summed E-state index contributed by atoms with van der Waals surface area (Å²) in [5.74, 6) is 0.891. The summed E-state index contributed by atoms with van der Waals surface area (Å²) >= 11 is 0. The zero-order valence-corrected chi connectivity index (χ0v) is 19.1. The van der Waals surface area contributed by atoms with Crippen molar-refractivity contribution in [1.82, 2.24) is 19.8 Å². The molecular weight excluding hydrogens is 453 g/mol. The summed E-state index contributed by atoms with van der Waals surface area (Å²) in [7, 11) is -3.24. The molecule has 2 fully saturated rings. The van der Waals surface area contributed by atoms with Gasteiger partial charge in [-0.05, 0) is 53.1 Å². The monoisotopic (exact) mass is 487 g/mol. The van der Waals surface area contributed by atoms with E-state index in [-0.39, 0.29) is 24.0 Å². The molecule has 148 valence electrons. The van der Waals surface area contributed by atoms with Crippen molar-refractivity contribution in [2.24, 2.45) is 4.99 Å². The molecule has 0 aromatic heterocycles. The standard InChI is InChI=1S/C16H33N5O2S.HI/c1-5-17-15(18-13-16(2,3)19-24(4,22)23)21-11-8-14(12-21)20-9-6-7-10-20;/h14,19H,5-13H2,1-4H3,(H,17,18);1H. The van der Waals surface area contributed by atoms with E-state index in [2.05, 4.69) is 26.8 Å². The Morgan fingerprint density at radius 2 is 1.88 bits per heavy atom. The van der Waals surface area contributed by atoms with Crippen molar-refractivity contribution in [3.05, 3.63) is 0 Å². The van der Waals surface area contributed by atoms with Crippen LogP contribution in [0.1, 0.15) is 40.0 Å². The molecule has 9 heteroatoms. The maximum Gasteiger partial charge on any atom is 0.209 e. The Kier molecular flexibility index (Phi) is 8.89. The SMILES string of the molecule is CCNC(=NCC(C)(C)NS(C)(=O)=O)N1CCC(N2CCCC2)C1.I. The molecule has 2 aliphatic rings. The second-order valence-electron chi connectivity index (χ2n) is 7.56. The maximum atomic E-state index is 11.5. The van der Waals surface area contributed by atoms with Gasteiger partial charge in [-0.2, -0.15) is 0 Å². The third-order valence-corrected chi connectivity index (χ3v) is 5.46. The lowest BCUT2D eigenvalue weighted by Crippen LogP contribution is -2.47. The third-order valence-electron chi connectivity index (χ3n) is 4.54. The second kappa shape index (κ2) is 9.70. The Hall–Kier alpha value is -0.130. The minimum absolute atomic E-state index is 0. The average Bonchev–Trinajstić information content (AvgIpc) is 3.10. The number of hydrogen-bond donors (Lipinski definition) is 2. The molecule has 0 spiro atoms. The van der Waals surface area contributed by atoms with Gasteiger partial charge in [-0.15, -0.1) is 24.0 Å². The minimum Gasteiger partial charge on any atom is -0.357 e. The zero-order valence-electron chi connectivity index (χ0n) is 15.9. The number of guanidine groups is 1. The van der Waals surface area contributed by atoms with Gasteiger partial charge in [-0.3, -0.25) is 9.89 Å². The van der Waals surface area contributed by atoms with Crippen LogP contribution < -0.4 is 10.0 Å². The van der Waals surface area contributed by atoms with Crippen LogP contribution in [0.3, 0.4) is 0 Å².